The fraction of sp³-hybridized carbons (Fsp3) is 0.471. The van der Waals surface area contributed by atoms with Crippen molar-refractivity contribution in [2.75, 3.05) is 0 Å². The molecular formula is C85H120HfN4O2Zr. The Morgan fingerprint density at radius 2 is 0.914 bits per heavy atom. The number of phenolic OH excluding ortho intramolecular Hbond substituents is 2. The van der Waals surface area contributed by atoms with Gasteiger partial charge in [0.15, 0.2) is 0 Å². The Bertz CT molecular complexity index is 3340. The number of pyridine rings is 1. The van der Waals surface area contributed by atoms with Crippen molar-refractivity contribution in [3.8, 4) is 22.8 Å². The fourth-order valence-corrected chi connectivity index (χ4v) is 12.4. The molecule has 1 aromatic heterocycles. The SMILES string of the molecule is CC(C)c1ccccc1C([N-]c1c(C(C)C)cccc1C(C)C)c1cccc(-c2[c-]ccc3ccccc23)n1.CC1CCCCC1N=Cc1cc(C(C)(C)C)cc(C(C)(C)C)c1O.CC1CCCCC1N=Cc1cc(C(C)(C)C)cc(C(C)(C)C)c1O.[CH3-].[CH3-].[CH3-].[CH3-].[Hf+4].[Zr+2]. The van der Waals surface area contributed by atoms with Crippen LogP contribution in [0.15, 0.2) is 131 Å². The van der Waals surface area contributed by atoms with Gasteiger partial charge in [-0.1, -0.05) is 277 Å². The molecule has 5 unspecified atom stereocenters. The molecule has 0 saturated heterocycles. The van der Waals surface area contributed by atoms with Gasteiger partial charge in [0.2, 0.25) is 0 Å². The summed E-state index contributed by atoms with van der Waals surface area (Å²) < 4.78 is 0. The number of nitrogens with zero attached hydrogens (tertiary/aromatic N) is 4. The van der Waals surface area contributed by atoms with Crippen molar-refractivity contribution in [2.24, 2.45) is 21.8 Å². The van der Waals surface area contributed by atoms with Gasteiger partial charge in [-0.2, -0.15) is 0 Å². The van der Waals surface area contributed by atoms with Gasteiger partial charge in [0.1, 0.15) is 11.5 Å². The first-order valence-electron chi connectivity index (χ1n) is 33.0. The van der Waals surface area contributed by atoms with Crippen LogP contribution in [-0.4, -0.2) is 39.7 Å². The van der Waals surface area contributed by atoms with E-state index in [9.17, 15) is 10.2 Å². The smallest absolute Gasteiger partial charge is 0.673 e. The Morgan fingerprint density at radius 1 is 0.505 bits per heavy atom. The molecule has 2 saturated carbocycles. The summed E-state index contributed by atoms with van der Waals surface area (Å²) in [5.41, 5.74) is 15.3. The molecule has 500 valence electrons. The first kappa shape index (κ1) is 86.2. The molecule has 0 amide bonds. The van der Waals surface area contributed by atoms with Crippen LogP contribution in [0.25, 0.3) is 27.3 Å². The average molecular weight is 1500 g/mol. The number of phenols is 2. The van der Waals surface area contributed by atoms with Crippen molar-refractivity contribution in [3.63, 3.8) is 0 Å². The van der Waals surface area contributed by atoms with Crippen LogP contribution in [0.4, 0.5) is 5.69 Å². The minimum atomic E-state index is -0.226. The maximum Gasteiger partial charge on any atom is 4.00 e. The molecule has 5 atom stereocenters. The number of hydrogen-bond acceptors (Lipinski definition) is 5. The Balaban J connectivity index is 0.000000707. The number of benzene rings is 6. The minimum absolute atomic E-state index is 0. The molecule has 2 aliphatic rings. The summed E-state index contributed by atoms with van der Waals surface area (Å²) in [5, 5.41) is 29.6. The van der Waals surface area contributed by atoms with Gasteiger partial charge in [-0.3, -0.25) is 9.98 Å². The molecule has 93 heavy (non-hydrogen) atoms. The van der Waals surface area contributed by atoms with Crippen molar-refractivity contribution in [1.82, 2.24) is 4.98 Å². The molecule has 2 fully saturated rings. The van der Waals surface area contributed by atoms with E-state index in [2.05, 4.69) is 260 Å². The maximum atomic E-state index is 10.8. The molecule has 0 bridgehead atoms. The summed E-state index contributed by atoms with van der Waals surface area (Å²) in [6.07, 6.45) is 13.9. The quantitative estimate of drug-likeness (QED) is 0.0725. The average Bonchev–Trinajstić information content (AvgIpc) is 0.837. The van der Waals surface area contributed by atoms with Crippen LogP contribution < -0.4 is 0 Å². The van der Waals surface area contributed by atoms with E-state index in [0.717, 1.165) is 50.3 Å². The van der Waals surface area contributed by atoms with E-state index in [0.29, 0.717) is 53.2 Å². The maximum absolute atomic E-state index is 10.8. The zero-order chi connectivity index (χ0) is 63.8. The second-order valence-corrected chi connectivity index (χ2v) is 30.4. The number of hydrogen-bond donors (Lipinski definition) is 2. The minimum Gasteiger partial charge on any atom is -0.673 e. The van der Waals surface area contributed by atoms with E-state index in [1.165, 1.54) is 90.1 Å². The van der Waals surface area contributed by atoms with Crippen LogP contribution in [0.1, 0.15) is 275 Å². The van der Waals surface area contributed by atoms with Crippen LogP contribution >= 0.6 is 0 Å². The van der Waals surface area contributed by atoms with Gasteiger partial charge >= 0.3 is 52.0 Å². The van der Waals surface area contributed by atoms with Crippen molar-refractivity contribution in [2.45, 2.75) is 247 Å². The molecule has 6 aromatic carbocycles. The van der Waals surface area contributed by atoms with Gasteiger partial charge < -0.3 is 50.2 Å². The summed E-state index contributed by atoms with van der Waals surface area (Å²) in [6, 6.07) is 46.9. The van der Waals surface area contributed by atoms with E-state index < -0.39 is 0 Å². The molecule has 1 heterocycles. The summed E-state index contributed by atoms with van der Waals surface area (Å²) in [5.74, 6) is 3.18. The number of fused-ring (bicyclic) bond motifs is 1. The van der Waals surface area contributed by atoms with E-state index in [1.807, 2.05) is 18.5 Å². The number of aromatic hydroxyl groups is 2. The largest absolute Gasteiger partial charge is 4.00 e. The van der Waals surface area contributed by atoms with E-state index in [1.54, 1.807) is 0 Å². The molecule has 6 nitrogen and oxygen atoms in total. The van der Waals surface area contributed by atoms with Crippen molar-refractivity contribution >= 4 is 28.9 Å². The Kier molecular flexibility index (Phi) is 34.4. The van der Waals surface area contributed by atoms with E-state index >= 15 is 0 Å². The summed E-state index contributed by atoms with van der Waals surface area (Å²) in [6.45, 7) is 44.3. The van der Waals surface area contributed by atoms with Crippen LogP contribution in [0.3, 0.4) is 0 Å². The van der Waals surface area contributed by atoms with E-state index in [4.69, 9.17) is 20.3 Å². The zero-order valence-electron chi connectivity index (χ0n) is 62.2. The normalized spacial score (nSPS) is 17.1. The third-order valence-corrected chi connectivity index (χ3v) is 18.1. The molecule has 2 aliphatic carbocycles. The molecular weight excluding hydrogens is 1380 g/mol. The van der Waals surface area contributed by atoms with Gasteiger partial charge in [0.05, 0.1) is 12.1 Å². The van der Waals surface area contributed by atoms with Crippen molar-refractivity contribution in [3.05, 3.63) is 224 Å². The Morgan fingerprint density at radius 3 is 1.34 bits per heavy atom. The zero-order valence-corrected chi connectivity index (χ0v) is 68.2. The first-order valence-corrected chi connectivity index (χ1v) is 33.0. The summed E-state index contributed by atoms with van der Waals surface area (Å²) >= 11 is 0. The number of aliphatic imine (C=N–C) groups is 2. The predicted molar refractivity (Wildman–Crippen MR) is 401 cm³/mol. The van der Waals surface area contributed by atoms with Crippen LogP contribution in [0, 0.1) is 47.6 Å². The Labute approximate surface area is 607 Å². The van der Waals surface area contributed by atoms with E-state index in [-0.39, 0.29) is 109 Å². The predicted octanol–water partition coefficient (Wildman–Crippen LogP) is 24.6. The first-order chi connectivity index (χ1) is 40.8. The van der Waals surface area contributed by atoms with Gasteiger partial charge in [-0.25, -0.2) is 0 Å². The monoisotopic (exact) mass is 1500 g/mol. The van der Waals surface area contributed by atoms with Crippen LogP contribution in [0.2, 0.25) is 0 Å². The standard InChI is InChI=1S/C37H38N2.2C22H35NO.4CH3.Hf.Zr/c1-24(2)28-16-9-10-18-33(28)37(39-36-29(25(3)4)19-12-20-30(36)26(5)6)35-23-13-22-34(38-35)32-21-11-15-27-14-7-8-17-31(27)32;2*1-15-10-8-9-11-19(15)23-14-16-12-17(21(2,3)4)13-18(20(16)24)22(5,6)7;;;;;;/h7-20,22-26,37H,1-6H3;2*12-15,19,24H,8-11H2,1-7H3;4*1H3;;/q-2;;;4*-1;+4;+2. The molecule has 8 heteroatoms. The second kappa shape index (κ2) is 37.1. The van der Waals surface area contributed by atoms with Gasteiger partial charge in [-0.15, -0.1) is 34.8 Å². The van der Waals surface area contributed by atoms with Crippen LogP contribution in [-0.2, 0) is 73.7 Å². The number of rotatable bonds is 12. The van der Waals surface area contributed by atoms with Crippen molar-refractivity contribution < 1.29 is 62.3 Å². The molecule has 7 aromatic rings. The number of aromatic nitrogens is 1. The second-order valence-electron chi connectivity index (χ2n) is 30.4. The topological polar surface area (TPSA) is 92.2 Å². The third-order valence-electron chi connectivity index (χ3n) is 18.1. The van der Waals surface area contributed by atoms with Gasteiger partial charge in [-0.05, 0) is 124 Å². The molecule has 0 spiro atoms. The molecule has 9 rings (SSSR count). The summed E-state index contributed by atoms with van der Waals surface area (Å²) in [7, 11) is 0. The summed E-state index contributed by atoms with van der Waals surface area (Å²) in [4.78, 5) is 15.0. The third kappa shape index (κ3) is 22.7. The van der Waals surface area contributed by atoms with Gasteiger partial charge in [0.25, 0.3) is 0 Å². The Hall–Kier alpha value is -4.78. The van der Waals surface area contributed by atoms with Gasteiger partial charge in [0, 0.05) is 40.4 Å². The molecule has 0 aliphatic heterocycles. The molecule has 0 radical (unpaired) electrons. The van der Waals surface area contributed by atoms with Crippen LogP contribution in [0.5, 0.6) is 11.5 Å². The van der Waals surface area contributed by atoms with Crippen molar-refractivity contribution in [1.29, 1.82) is 0 Å². The fourth-order valence-electron chi connectivity index (χ4n) is 12.4. The molecule has 2 N–H and O–H groups in total. The number of para-hydroxylation sites is 1.